The molecular formula is C11H11BrFNO4S. The molecule has 8 heteroatoms. The van der Waals surface area contributed by atoms with Gasteiger partial charge in [-0.05, 0) is 47.3 Å². The molecule has 0 unspecified atom stereocenters. The average molecular weight is 352 g/mol. The average Bonchev–Trinajstić information content (AvgIpc) is 2.25. The Hall–Kier alpha value is -0.990. The van der Waals surface area contributed by atoms with Crippen LogP contribution >= 0.6 is 15.9 Å². The lowest BCUT2D eigenvalue weighted by Gasteiger charge is -2.25. The third-order valence-corrected chi connectivity index (χ3v) is 4.87. The number of rotatable bonds is 3. The van der Waals surface area contributed by atoms with E-state index in [-0.39, 0.29) is 16.1 Å². The molecule has 1 fully saturated rings. The van der Waals surface area contributed by atoms with Crippen molar-refractivity contribution in [2.45, 2.75) is 30.3 Å². The molecule has 0 saturated heterocycles. The Labute approximate surface area is 118 Å². The molecule has 19 heavy (non-hydrogen) atoms. The van der Waals surface area contributed by atoms with Crippen molar-refractivity contribution in [2.24, 2.45) is 5.14 Å². The number of primary sulfonamides is 1. The van der Waals surface area contributed by atoms with Gasteiger partial charge in [0.1, 0.15) is 11.9 Å². The van der Waals surface area contributed by atoms with Gasteiger partial charge in [-0.15, -0.1) is 0 Å². The van der Waals surface area contributed by atoms with Crippen molar-refractivity contribution in [1.82, 2.24) is 0 Å². The maximum atomic E-state index is 13.6. The first-order valence-electron chi connectivity index (χ1n) is 5.52. The lowest BCUT2D eigenvalue weighted by molar-refractivity contribution is 0.00893. The molecule has 0 bridgehead atoms. The normalized spacial score (nSPS) is 15.9. The van der Waals surface area contributed by atoms with Crippen molar-refractivity contribution >= 4 is 31.9 Å². The summed E-state index contributed by atoms with van der Waals surface area (Å²) in [7, 11) is -4.13. The minimum absolute atomic E-state index is 0.169. The van der Waals surface area contributed by atoms with E-state index in [1.165, 1.54) is 0 Å². The van der Waals surface area contributed by atoms with E-state index < -0.39 is 26.7 Å². The monoisotopic (exact) mass is 351 g/mol. The second-order valence-corrected chi connectivity index (χ2v) is 6.60. The van der Waals surface area contributed by atoms with Crippen molar-refractivity contribution in [1.29, 1.82) is 0 Å². The number of hydrogen-bond acceptors (Lipinski definition) is 4. The Bertz CT molecular complexity index is 628. The molecular weight excluding hydrogens is 341 g/mol. The highest BCUT2D eigenvalue weighted by molar-refractivity contribution is 9.10. The first kappa shape index (κ1) is 14.4. The van der Waals surface area contributed by atoms with E-state index in [9.17, 15) is 17.6 Å². The van der Waals surface area contributed by atoms with Crippen molar-refractivity contribution in [2.75, 3.05) is 0 Å². The van der Waals surface area contributed by atoms with Crippen molar-refractivity contribution < 1.29 is 22.3 Å². The number of sulfonamides is 1. The van der Waals surface area contributed by atoms with Gasteiger partial charge in [0, 0.05) is 0 Å². The fourth-order valence-corrected chi connectivity index (χ4v) is 3.14. The first-order chi connectivity index (χ1) is 8.79. The summed E-state index contributed by atoms with van der Waals surface area (Å²) in [5, 5.41) is 4.96. The van der Waals surface area contributed by atoms with E-state index in [1.54, 1.807) is 0 Å². The maximum absolute atomic E-state index is 13.6. The molecule has 0 aromatic heterocycles. The molecule has 0 spiro atoms. The van der Waals surface area contributed by atoms with Gasteiger partial charge in [-0.25, -0.2) is 22.7 Å². The van der Waals surface area contributed by atoms with Crippen molar-refractivity contribution in [3.63, 3.8) is 0 Å². The fraction of sp³-hybridized carbons (Fsp3) is 0.364. The molecule has 104 valence electrons. The van der Waals surface area contributed by atoms with Crippen LogP contribution < -0.4 is 5.14 Å². The van der Waals surface area contributed by atoms with Gasteiger partial charge in [-0.3, -0.25) is 0 Å². The summed E-state index contributed by atoms with van der Waals surface area (Å²) in [6, 6.07) is 1.92. The molecule has 1 aliphatic carbocycles. The quantitative estimate of drug-likeness (QED) is 0.843. The predicted octanol–water partition coefficient (Wildman–Crippen LogP) is 1.94. The Kier molecular flexibility index (Phi) is 3.93. The summed E-state index contributed by atoms with van der Waals surface area (Å²) < 4.78 is 41.0. The van der Waals surface area contributed by atoms with Gasteiger partial charge in [0.15, 0.2) is 0 Å². The van der Waals surface area contributed by atoms with Crippen LogP contribution in [-0.4, -0.2) is 20.5 Å². The number of nitrogens with two attached hydrogens (primary N) is 1. The Morgan fingerprint density at radius 1 is 1.42 bits per heavy atom. The Morgan fingerprint density at radius 3 is 2.53 bits per heavy atom. The molecule has 1 aromatic carbocycles. The van der Waals surface area contributed by atoms with Crippen molar-refractivity contribution in [3.05, 3.63) is 28.0 Å². The zero-order valence-corrected chi connectivity index (χ0v) is 12.1. The second kappa shape index (κ2) is 5.18. The van der Waals surface area contributed by atoms with E-state index >= 15 is 0 Å². The number of carbonyl (C=O) groups is 1. The zero-order chi connectivity index (χ0) is 14.2. The summed E-state index contributed by atoms with van der Waals surface area (Å²) in [5.74, 6) is -1.63. The maximum Gasteiger partial charge on any atom is 0.338 e. The van der Waals surface area contributed by atoms with Crippen LogP contribution in [-0.2, 0) is 14.8 Å². The van der Waals surface area contributed by atoms with Crippen LogP contribution in [0, 0.1) is 5.82 Å². The van der Waals surface area contributed by atoms with Gasteiger partial charge in [0.25, 0.3) is 0 Å². The number of benzene rings is 1. The fourth-order valence-electron chi connectivity index (χ4n) is 1.60. The first-order valence-corrected chi connectivity index (χ1v) is 7.86. The topological polar surface area (TPSA) is 86.5 Å². The zero-order valence-electron chi connectivity index (χ0n) is 9.73. The highest BCUT2D eigenvalue weighted by Crippen LogP contribution is 2.28. The highest BCUT2D eigenvalue weighted by atomic mass is 79.9. The molecule has 1 aliphatic rings. The van der Waals surface area contributed by atoms with Gasteiger partial charge in [-0.2, -0.15) is 0 Å². The number of esters is 1. The predicted molar refractivity (Wildman–Crippen MR) is 68.5 cm³/mol. The van der Waals surface area contributed by atoms with Crippen LogP contribution in [0.15, 0.2) is 21.5 Å². The number of halogens is 2. The molecule has 5 nitrogen and oxygen atoms in total. The summed E-state index contributed by atoms with van der Waals surface area (Å²) in [6.45, 7) is 0. The Balaban J connectivity index is 2.36. The number of ether oxygens (including phenoxy) is 1. The lowest BCUT2D eigenvalue weighted by Crippen LogP contribution is -2.25. The summed E-state index contributed by atoms with van der Waals surface area (Å²) >= 11 is 2.79. The summed E-state index contributed by atoms with van der Waals surface area (Å²) in [5.41, 5.74) is -0.170. The smallest absolute Gasteiger partial charge is 0.338 e. The second-order valence-electron chi connectivity index (χ2n) is 4.27. The molecule has 0 aliphatic heterocycles. The van der Waals surface area contributed by atoms with Crippen LogP contribution in [0.4, 0.5) is 4.39 Å². The van der Waals surface area contributed by atoms with Gasteiger partial charge in [-0.1, -0.05) is 0 Å². The van der Waals surface area contributed by atoms with Gasteiger partial charge in [0.2, 0.25) is 10.0 Å². The third-order valence-electron chi connectivity index (χ3n) is 2.86. The molecule has 2 rings (SSSR count). The molecule has 0 heterocycles. The number of hydrogen-bond donors (Lipinski definition) is 1. The molecule has 2 N–H and O–H groups in total. The van der Waals surface area contributed by atoms with Gasteiger partial charge >= 0.3 is 5.97 Å². The third kappa shape index (κ3) is 3.13. The molecule has 0 radical (unpaired) electrons. The van der Waals surface area contributed by atoms with Gasteiger partial charge < -0.3 is 4.74 Å². The molecule has 0 amide bonds. The molecule has 0 atom stereocenters. The number of carbonyl (C=O) groups excluding carboxylic acids is 1. The van der Waals surface area contributed by atoms with Crippen LogP contribution in [0.5, 0.6) is 0 Å². The van der Waals surface area contributed by atoms with E-state index in [0.717, 1.165) is 31.4 Å². The Morgan fingerprint density at radius 2 is 2.05 bits per heavy atom. The standard InChI is InChI=1S/C11H11BrFNO4S/c12-10-8(13)4-6(5-9(10)19(14,16)17)11(15)18-7-2-1-3-7/h4-5,7H,1-3H2,(H2,14,16,17). The van der Waals surface area contributed by atoms with Crippen LogP contribution in [0.25, 0.3) is 0 Å². The van der Waals surface area contributed by atoms with E-state index in [0.29, 0.717) is 0 Å². The van der Waals surface area contributed by atoms with Gasteiger partial charge in [0.05, 0.1) is 14.9 Å². The van der Waals surface area contributed by atoms with Crippen molar-refractivity contribution in [3.8, 4) is 0 Å². The van der Waals surface area contributed by atoms with Crippen LogP contribution in [0.3, 0.4) is 0 Å². The van der Waals surface area contributed by atoms with E-state index in [2.05, 4.69) is 15.9 Å². The molecule has 1 aromatic rings. The lowest BCUT2D eigenvalue weighted by atomic mass is 9.96. The van der Waals surface area contributed by atoms with E-state index in [1.807, 2.05) is 0 Å². The largest absolute Gasteiger partial charge is 0.459 e. The SMILES string of the molecule is NS(=O)(=O)c1cc(C(=O)OC2CCC2)cc(F)c1Br. The minimum atomic E-state index is -4.13. The minimum Gasteiger partial charge on any atom is -0.459 e. The van der Waals surface area contributed by atoms with E-state index in [4.69, 9.17) is 9.88 Å². The van der Waals surface area contributed by atoms with Crippen LogP contribution in [0.2, 0.25) is 0 Å². The summed E-state index contributed by atoms with van der Waals surface area (Å²) in [6.07, 6.45) is 2.35. The molecule has 1 saturated carbocycles. The highest BCUT2D eigenvalue weighted by Gasteiger charge is 2.25. The van der Waals surface area contributed by atoms with Crippen LogP contribution in [0.1, 0.15) is 29.6 Å². The summed E-state index contributed by atoms with van der Waals surface area (Å²) in [4.78, 5) is 11.3.